The largest absolute Gasteiger partial charge is 0.380 e. The molecule has 1 amide bonds. The first-order valence-corrected chi connectivity index (χ1v) is 11.5. The number of aliphatic hydroxyl groups is 1. The molecular weight excluding hydrogens is 394 g/mol. The summed E-state index contributed by atoms with van der Waals surface area (Å²) in [6.07, 6.45) is 1.51. The molecule has 1 aliphatic heterocycles. The maximum atomic E-state index is 13.1. The van der Waals surface area contributed by atoms with Crippen molar-refractivity contribution in [2.24, 2.45) is 5.92 Å². The molecule has 3 aromatic rings. The number of carbonyl (C=O) groups excluding carboxylic acids is 1. The molecule has 3 heteroatoms. The zero-order chi connectivity index (χ0) is 22.8. The molecule has 0 bridgehead atoms. The van der Waals surface area contributed by atoms with Crippen molar-refractivity contribution in [1.82, 2.24) is 4.90 Å². The van der Waals surface area contributed by atoms with Crippen LogP contribution >= 0.6 is 0 Å². The van der Waals surface area contributed by atoms with E-state index in [0.29, 0.717) is 13.1 Å². The van der Waals surface area contributed by atoms with E-state index in [-0.39, 0.29) is 17.2 Å². The topological polar surface area (TPSA) is 40.5 Å². The Labute approximate surface area is 191 Å². The predicted molar refractivity (Wildman–Crippen MR) is 130 cm³/mol. The Morgan fingerprint density at radius 3 is 1.66 bits per heavy atom. The van der Waals surface area contributed by atoms with E-state index in [1.165, 1.54) is 5.56 Å². The fourth-order valence-electron chi connectivity index (χ4n) is 4.82. The number of carbonyl (C=O) groups is 1. The second-order valence-electron chi connectivity index (χ2n) is 9.89. The second-order valence-corrected chi connectivity index (χ2v) is 9.89. The Hall–Kier alpha value is -2.91. The van der Waals surface area contributed by atoms with Crippen molar-refractivity contribution in [3.63, 3.8) is 0 Å². The van der Waals surface area contributed by atoms with Gasteiger partial charge in [0.1, 0.15) is 5.60 Å². The number of rotatable bonds is 4. The van der Waals surface area contributed by atoms with Gasteiger partial charge in [-0.3, -0.25) is 4.79 Å². The molecule has 0 aliphatic carbocycles. The summed E-state index contributed by atoms with van der Waals surface area (Å²) in [7, 11) is 0. The Balaban J connectivity index is 1.52. The fourth-order valence-corrected chi connectivity index (χ4v) is 4.82. The van der Waals surface area contributed by atoms with Crippen LogP contribution in [0.2, 0.25) is 0 Å². The van der Waals surface area contributed by atoms with Gasteiger partial charge in [0.05, 0.1) is 0 Å². The lowest BCUT2D eigenvalue weighted by atomic mass is 9.72. The van der Waals surface area contributed by atoms with Crippen molar-refractivity contribution in [2.75, 3.05) is 13.1 Å². The predicted octanol–water partition coefficient (Wildman–Crippen LogP) is 5.77. The van der Waals surface area contributed by atoms with Gasteiger partial charge in [0.2, 0.25) is 0 Å². The molecule has 4 rings (SSSR count). The minimum absolute atomic E-state index is 0.0413. The molecule has 1 aliphatic rings. The normalized spacial score (nSPS) is 15.6. The maximum Gasteiger partial charge on any atom is 0.253 e. The standard InChI is InChI=1S/C29H33NO2/c1-28(2,3)23-16-14-22(15-17-23)27(31)30-20-18-26(19-21-30)29(32,24-10-6-4-7-11-24)25-12-8-5-9-13-25/h4-17,26,32H,18-21H2,1-3H3. The zero-order valence-corrected chi connectivity index (χ0v) is 19.3. The molecule has 1 N–H and O–H groups in total. The van der Waals surface area contributed by atoms with Crippen molar-refractivity contribution in [3.05, 3.63) is 107 Å². The minimum atomic E-state index is -1.06. The van der Waals surface area contributed by atoms with Crippen molar-refractivity contribution < 1.29 is 9.90 Å². The van der Waals surface area contributed by atoms with Gasteiger partial charge in [-0.05, 0) is 53.0 Å². The monoisotopic (exact) mass is 427 g/mol. The van der Waals surface area contributed by atoms with Crippen molar-refractivity contribution in [3.8, 4) is 0 Å². The molecule has 32 heavy (non-hydrogen) atoms. The van der Waals surface area contributed by atoms with Gasteiger partial charge in [-0.25, -0.2) is 0 Å². The zero-order valence-electron chi connectivity index (χ0n) is 19.3. The van der Waals surface area contributed by atoms with E-state index >= 15 is 0 Å². The van der Waals surface area contributed by atoms with Crippen LogP contribution in [0.1, 0.15) is 60.7 Å². The lowest BCUT2D eigenvalue weighted by Gasteiger charge is -2.42. The third-order valence-electron chi connectivity index (χ3n) is 6.80. The number of amides is 1. The third kappa shape index (κ3) is 4.35. The first-order valence-electron chi connectivity index (χ1n) is 11.5. The van der Waals surface area contributed by atoms with E-state index in [1.54, 1.807) is 0 Å². The minimum Gasteiger partial charge on any atom is -0.380 e. The van der Waals surface area contributed by atoms with Crippen LogP contribution in [-0.4, -0.2) is 29.0 Å². The molecular formula is C29H33NO2. The highest BCUT2D eigenvalue weighted by Crippen LogP contribution is 2.42. The van der Waals surface area contributed by atoms with Crippen LogP contribution in [0.3, 0.4) is 0 Å². The number of piperidine rings is 1. The van der Waals surface area contributed by atoms with Gasteiger partial charge < -0.3 is 10.0 Å². The highest BCUT2D eigenvalue weighted by Gasteiger charge is 2.42. The summed E-state index contributed by atoms with van der Waals surface area (Å²) in [5.74, 6) is 0.117. The highest BCUT2D eigenvalue weighted by atomic mass is 16.3. The Morgan fingerprint density at radius 2 is 1.22 bits per heavy atom. The van der Waals surface area contributed by atoms with Gasteiger partial charge in [0.15, 0.2) is 0 Å². The van der Waals surface area contributed by atoms with Crippen molar-refractivity contribution >= 4 is 5.91 Å². The molecule has 0 unspecified atom stereocenters. The molecule has 0 saturated carbocycles. The summed E-state index contributed by atoms with van der Waals surface area (Å²) >= 11 is 0. The summed E-state index contributed by atoms with van der Waals surface area (Å²) in [6, 6.07) is 27.9. The van der Waals surface area contributed by atoms with Gasteiger partial charge in [0.25, 0.3) is 5.91 Å². The summed E-state index contributed by atoms with van der Waals surface area (Å²) in [4.78, 5) is 15.1. The highest BCUT2D eigenvalue weighted by molar-refractivity contribution is 5.94. The van der Waals surface area contributed by atoms with Crippen LogP contribution in [0.15, 0.2) is 84.9 Å². The number of hydrogen-bond acceptors (Lipinski definition) is 2. The second kappa shape index (κ2) is 8.91. The van der Waals surface area contributed by atoms with Crippen LogP contribution < -0.4 is 0 Å². The number of nitrogens with zero attached hydrogens (tertiary/aromatic N) is 1. The smallest absolute Gasteiger partial charge is 0.253 e. The van der Waals surface area contributed by atoms with E-state index in [9.17, 15) is 9.90 Å². The molecule has 3 nitrogen and oxygen atoms in total. The van der Waals surface area contributed by atoms with Crippen LogP contribution in [-0.2, 0) is 11.0 Å². The van der Waals surface area contributed by atoms with Gasteiger partial charge >= 0.3 is 0 Å². The first-order chi connectivity index (χ1) is 15.3. The van der Waals surface area contributed by atoms with E-state index < -0.39 is 5.60 Å². The fraction of sp³-hybridized carbons (Fsp3) is 0.345. The van der Waals surface area contributed by atoms with Crippen LogP contribution in [0.4, 0.5) is 0 Å². The van der Waals surface area contributed by atoms with E-state index in [1.807, 2.05) is 77.7 Å². The molecule has 1 fully saturated rings. The summed E-state index contributed by atoms with van der Waals surface area (Å²) in [5, 5.41) is 12.0. The Morgan fingerprint density at radius 1 is 0.750 bits per heavy atom. The number of hydrogen-bond donors (Lipinski definition) is 1. The molecule has 1 heterocycles. The van der Waals surface area contributed by atoms with E-state index in [2.05, 4.69) is 32.9 Å². The molecule has 0 spiro atoms. The summed E-state index contributed by atoms with van der Waals surface area (Å²) in [5.41, 5.74) is 2.79. The lowest BCUT2D eigenvalue weighted by Crippen LogP contribution is -2.46. The molecule has 0 aromatic heterocycles. The molecule has 1 saturated heterocycles. The van der Waals surface area contributed by atoms with Crippen LogP contribution in [0.5, 0.6) is 0 Å². The molecule has 3 aromatic carbocycles. The average molecular weight is 428 g/mol. The first kappa shape index (κ1) is 22.3. The third-order valence-corrected chi connectivity index (χ3v) is 6.80. The van der Waals surface area contributed by atoms with Gasteiger partial charge in [0, 0.05) is 18.7 Å². The van der Waals surface area contributed by atoms with Crippen LogP contribution in [0, 0.1) is 5.92 Å². The molecule has 166 valence electrons. The Kier molecular flexibility index (Phi) is 6.21. The van der Waals surface area contributed by atoms with E-state index in [0.717, 1.165) is 29.5 Å². The van der Waals surface area contributed by atoms with Crippen LogP contribution in [0.25, 0.3) is 0 Å². The molecule has 0 atom stereocenters. The number of likely N-dealkylation sites (tertiary alicyclic amines) is 1. The van der Waals surface area contributed by atoms with Crippen molar-refractivity contribution in [1.29, 1.82) is 0 Å². The lowest BCUT2D eigenvalue weighted by molar-refractivity contribution is -0.0122. The number of benzene rings is 3. The quantitative estimate of drug-likeness (QED) is 0.574. The summed E-state index contributed by atoms with van der Waals surface area (Å²) in [6.45, 7) is 7.82. The van der Waals surface area contributed by atoms with Gasteiger partial charge in [-0.15, -0.1) is 0 Å². The van der Waals surface area contributed by atoms with Gasteiger partial charge in [-0.2, -0.15) is 0 Å². The average Bonchev–Trinajstić information content (AvgIpc) is 2.84. The summed E-state index contributed by atoms with van der Waals surface area (Å²) < 4.78 is 0. The SMILES string of the molecule is CC(C)(C)c1ccc(C(=O)N2CCC(C(O)(c3ccccc3)c3ccccc3)CC2)cc1. The van der Waals surface area contributed by atoms with Crippen molar-refractivity contribution in [2.45, 2.75) is 44.6 Å². The maximum absolute atomic E-state index is 13.1. The Bertz CT molecular complexity index is 989. The molecule has 0 radical (unpaired) electrons. The van der Waals surface area contributed by atoms with E-state index in [4.69, 9.17) is 0 Å². The van der Waals surface area contributed by atoms with Gasteiger partial charge in [-0.1, -0.05) is 93.6 Å².